The SMILES string of the molecule is Cc1ccc(C)c(NC(=O)CSc2cccc(NC(=O)/C(=C\c3ccc(N(C)C)cc3)NC(=O)c3ccccc3)c2)c1. The van der Waals surface area contributed by atoms with E-state index >= 15 is 0 Å². The third-order valence-electron chi connectivity index (χ3n) is 6.38. The summed E-state index contributed by atoms with van der Waals surface area (Å²) in [6.45, 7) is 3.94. The Bertz CT molecular complexity index is 1600. The second-order valence-corrected chi connectivity index (χ2v) is 11.1. The van der Waals surface area contributed by atoms with Crippen LogP contribution in [0.4, 0.5) is 17.1 Å². The number of benzene rings is 4. The number of hydrogen-bond acceptors (Lipinski definition) is 5. The molecular formula is C34H34N4O3S. The zero-order valence-electron chi connectivity index (χ0n) is 24.1. The van der Waals surface area contributed by atoms with Gasteiger partial charge in [-0.15, -0.1) is 11.8 Å². The molecule has 4 aromatic rings. The van der Waals surface area contributed by atoms with Crippen molar-refractivity contribution in [2.45, 2.75) is 18.7 Å². The monoisotopic (exact) mass is 578 g/mol. The van der Waals surface area contributed by atoms with E-state index < -0.39 is 5.91 Å². The van der Waals surface area contributed by atoms with Gasteiger partial charge in [0, 0.05) is 41.6 Å². The molecule has 42 heavy (non-hydrogen) atoms. The number of carbonyl (C=O) groups excluding carboxylic acids is 3. The molecule has 8 heteroatoms. The number of nitrogens with one attached hydrogen (secondary N) is 3. The van der Waals surface area contributed by atoms with E-state index in [1.165, 1.54) is 11.8 Å². The van der Waals surface area contributed by atoms with Gasteiger partial charge < -0.3 is 20.9 Å². The molecule has 0 aromatic heterocycles. The fourth-order valence-corrected chi connectivity index (χ4v) is 4.80. The van der Waals surface area contributed by atoms with Crippen molar-refractivity contribution in [3.8, 4) is 0 Å². The summed E-state index contributed by atoms with van der Waals surface area (Å²) in [6, 6.07) is 29.6. The first-order chi connectivity index (χ1) is 20.2. The van der Waals surface area contributed by atoms with Crippen LogP contribution in [0.5, 0.6) is 0 Å². The van der Waals surface area contributed by atoms with Crippen molar-refractivity contribution in [2.75, 3.05) is 35.4 Å². The van der Waals surface area contributed by atoms with E-state index in [4.69, 9.17) is 0 Å². The number of anilines is 3. The van der Waals surface area contributed by atoms with Crippen LogP contribution in [0.25, 0.3) is 6.08 Å². The zero-order chi connectivity index (χ0) is 30.1. The summed E-state index contributed by atoms with van der Waals surface area (Å²) in [6.07, 6.45) is 1.64. The van der Waals surface area contributed by atoms with Crippen LogP contribution in [0, 0.1) is 13.8 Å². The van der Waals surface area contributed by atoms with Crippen LogP contribution in [0.3, 0.4) is 0 Å². The summed E-state index contributed by atoms with van der Waals surface area (Å²) in [5, 5.41) is 8.62. The molecule has 0 unspecified atom stereocenters. The van der Waals surface area contributed by atoms with Crippen LogP contribution in [-0.4, -0.2) is 37.6 Å². The Labute approximate surface area is 251 Å². The Morgan fingerprint density at radius 1 is 0.810 bits per heavy atom. The summed E-state index contributed by atoms with van der Waals surface area (Å²) < 4.78 is 0. The first-order valence-corrected chi connectivity index (χ1v) is 14.4. The Morgan fingerprint density at radius 2 is 1.55 bits per heavy atom. The maximum atomic E-state index is 13.4. The van der Waals surface area contributed by atoms with E-state index in [1.807, 2.05) is 93.5 Å². The first-order valence-electron chi connectivity index (χ1n) is 13.4. The molecule has 3 N–H and O–H groups in total. The number of amides is 3. The van der Waals surface area contributed by atoms with Gasteiger partial charge in [0.2, 0.25) is 5.91 Å². The van der Waals surface area contributed by atoms with Gasteiger partial charge >= 0.3 is 0 Å². The van der Waals surface area contributed by atoms with Crippen LogP contribution in [0.2, 0.25) is 0 Å². The van der Waals surface area contributed by atoms with Gasteiger partial charge in [-0.25, -0.2) is 0 Å². The molecule has 4 rings (SSSR count). The molecule has 3 amide bonds. The van der Waals surface area contributed by atoms with E-state index in [-0.39, 0.29) is 23.3 Å². The molecule has 0 aliphatic carbocycles. The first kappa shape index (κ1) is 30.1. The molecule has 0 aliphatic rings. The Morgan fingerprint density at radius 3 is 2.26 bits per heavy atom. The summed E-state index contributed by atoms with van der Waals surface area (Å²) in [5.74, 6) is -0.754. The topological polar surface area (TPSA) is 90.5 Å². The minimum absolute atomic E-state index is 0.104. The Balaban J connectivity index is 1.47. The van der Waals surface area contributed by atoms with Crippen molar-refractivity contribution in [3.63, 3.8) is 0 Å². The van der Waals surface area contributed by atoms with Crippen molar-refractivity contribution in [2.24, 2.45) is 0 Å². The second-order valence-electron chi connectivity index (χ2n) is 10.0. The summed E-state index contributed by atoms with van der Waals surface area (Å²) >= 11 is 1.37. The van der Waals surface area contributed by atoms with Gasteiger partial charge in [-0.1, -0.05) is 48.5 Å². The maximum absolute atomic E-state index is 13.4. The van der Waals surface area contributed by atoms with E-state index in [9.17, 15) is 14.4 Å². The molecule has 0 heterocycles. The molecule has 0 spiro atoms. The summed E-state index contributed by atoms with van der Waals surface area (Å²) in [4.78, 5) is 41.8. The molecule has 4 aromatic carbocycles. The Kier molecular flexibility index (Phi) is 10.2. The number of rotatable bonds is 10. The van der Waals surface area contributed by atoms with Crippen molar-refractivity contribution >= 4 is 52.6 Å². The van der Waals surface area contributed by atoms with Gasteiger partial charge in [-0.2, -0.15) is 0 Å². The predicted octanol–water partition coefficient (Wildman–Crippen LogP) is 6.51. The van der Waals surface area contributed by atoms with Crippen molar-refractivity contribution < 1.29 is 14.4 Å². The predicted molar refractivity (Wildman–Crippen MR) is 173 cm³/mol. The van der Waals surface area contributed by atoms with Crippen LogP contribution < -0.4 is 20.9 Å². The van der Waals surface area contributed by atoms with E-state index in [0.717, 1.165) is 33.0 Å². The third-order valence-corrected chi connectivity index (χ3v) is 7.37. The lowest BCUT2D eigenvalue weighted by molar-refractivity contribution is -0.114. The van der Waals surface area contributed by atoms with Crippen molar-refractivity contribution in [1.82, 2.24) is 5.32 Å². The Hall–Kier alpha value is -4.82. The molecule has 0 radical (unpaired) electrons. The van der Waals surface area contributed by atoms with Gasteiger partial charge in [0.25, 0.3) is 11.8 Å². The van der Waals surface area contributed by atoms with Crippen molar-refractivity contribution in [3.05, 3.63) is 125 Å². The number of nitrogens with zero attached hydrogens (tertiary/aromatic N) is 1. The summed E-state index contributed by atoms with van der Waals surface area (Å²) in [7, 11) is 3.90. The minimum Gasteiger partial charge on any atom is -0.378 e. The highest BCUT2D eigenvalue weighted by atomic mass is 32.2. The number of hydrogen-bond donors (Lipinski definition) is 3. The number of aryl methyl sites for hydroxylation is 2. The lowest BCUT2D eigenvalue weighted by atomic mass is 10.1. The molecule has 0 saturated heterocycles. The van der Waals surface area contributed by atoms with E-state index in [1.54, 1.807) is 42.5 Å². The van der Waals surface area contributed by atoms with E-state index in [0.29, 0.717) is 11.3 Å². The highest BCUT2D eigenvalue weighted by molar-refractivity contribution is 8.00. The fourth-order valence-electron chi connectivity index (χ4n) is 4.05. The average Bonchev–Trinajstić information content (AvgIpc) is 2.98. The smallest absolute Gasteiger partial charge is 0.272 e. The average molecular weight is 579 g/mol. The van der Waals surface area contributed by atoms with Crippen LogP contribution in [0.15, 0.2) is 108 Å². The number of carbonyl (C=O) groups is 3. The maximum Gasteiger partial charge on any atom is 0.272 e. The van der Waals surface area contributed by atoms with Gasteiger partial charge in [-0.3, -0.25) is 14.4 Å². The number of thioether (sulfide) groups is 1. The lowest BCUT2D eigenvalue weighted by Gasteiger charge is -2.14. The van der Waals surface area contributed by atoms with Gasteiger partial charge in [0.1, 0.15) is 5.70 Å². The normalized spacial score (nSPS) is 11.0. The van der Waals surface area contributed by atoms with Gasteiger partial charge in [0.05, 0.1) is 5.75 Å². The lowest BCUT2D eigenvalue weighted by Crippen LogP contribution is -2.30. The van der Waals surface area contributed by atoms with Crippen LogP contribution >= 0.6 is 11.8 Å². The van der Waals surface area contributed by atoms with Crippen LogP contribution in [0.1, 0.15) is 27.0 Å². The molecule has 0 bridgehead atoms. The van der Waals surface area contributed by atoms with Gasteiger partial charge in [0.15, 0.2) is 0 Å². The van der Waals surface area contributed by atoms with Crippen molar-refractivity contribution in [1.29, 1.82) is 0 Å². The fraction of sp³-hybridized carbons (Fsp3) is 0.147. The molecule has 0 fully saturated rings. The molecule has 214 valence electrons. The standard InChI is InChI=1S/C34H34N4O3S/c1-23-13-14-24(2)30(19-23)36-32(39)22-42-29-12-8-11-27(21-29)35-34(41)31(37-33(40)26-9-6-5-7-10-26)20-25-15-17-28(18-16-25)38(3)4/h5-21H,22H2,1-4H3,(H,35,41)(H,36,39)(H,37,40)/b31-20+. The highest BCUT2D eigenvalue weighted by Crippen LogP contribution is 2.23. The quantitative estimate of drug-likeness (QED) is 0.147. The second kappa shape index (κ2) is 14.2. The minimum atomic E-state index is -0.467. The molecule has 7 nitrogen and oxygen atoms in total. The molecule has 0 aliphatic heterocycles. The highest BCUT2D eigenvalue weighted by Gasteiger charge is 2.16. The largest absolute Gasteiger partial charge is 0.378 e. The molecule has 0 saturated carbocycles. The molecule has 0 atom stereocenters. The third kappa shape index (κ3) is 8.59. The van der Waals surface area contributed by atoms with Crippen LogP contribution in [-0.2, 0) is 9.59 Å². The van der Waals surface area contributed by atoms with Gasteiger partial charge in [-0.05, 0) is 85.1 Å². The zero-order valence-corrected chi connectivity index (χ0v) is 24.9. The van der Waals surface area contributed by atoms with E-state index in [2.05, 4.69) is 16.0 Å². The molecular weight excluding hydrogens is 544 g/mol. The summed E-state index contributed by atoms with van der Waals surface area (Å²) in [5.41, 5.74) is 5.75.